The molecule has 0 aliphatic heterocycles. The molecule has 3 aromatic heterocycles. The summed E-state index contributed by atoms with van der Waals surface area (Å²) in [5.41, 5.74) is 0.794. The SMILES string of the molecule is O=C(Cn1ncc2c(=O)[nH]cnc21)Oc1ccc2cn[nH]c2c1. The summed E-state index contributed by atoms with van der Waals surface area (Å²) in [6.07, 6.45) is 4.31. The van der Waals surface area contributed by atoms with Crippen molar-refractivity contribution in [2.45, 2.75) is 6.54 Å². The lowest BCUT2D eigenvalue weighted by Gasteiger charge is -2.05. The second kappa shape index (κ2) is 5.05. The highest BCUT2D eigenvalue weighted by Crippen LogP contribution is 2.18. The van der Waals surface area contributed by atoms with Crippen molar-refractivity contribution in [3.63, 3.8) is 0 Å². The number of hydrogen-bond acceptors (Lipinski definition) is 6. The fourth-order valence-corrected chi connectivity index (χ4v) is 2.29. The summed E-state index contributed by atoms with van der Waals surface area (Å²) in [6, 6.07) is 5.16. The number of aromatic amines is 2. The van der Waals surface area contributed by atoms with Crippen LogP contribution in [0.4, 0.5) is 0 Å². The first-order valence-electron chi connectivity index (χ1n) is 6.74. The van der Waals surface area contributed by atoms with Crippen molar-refractivity contribution >= 4 is 27.9 Å². The van der Waals surface area contributed by atoms with Crippen LogP contribution in [0, 0.1) is 0 Å². The first kappa shape index (κ1) is 13.2. The van der Waals surface area contributed by atoms with Crippen molar-refractivity contribution in [1.82, 2.24) is 29.9 Å². The van der Waals surface area contributed by atoms with Crippen LogP contribution in [0.1, 0.15) is 0 Å². The van der Waals surface area contributed by atoms with E-state index in [0.717, 1.165) is 10.9 Å². The van der Waals surface area contributed by atoms with E-state index in [4.69, 9.17) is 4.74 Å². The maximum Gasteiger partial charge on any atom is 0.333 e. The largest absolute Gasteiger partial charge is 0.425 e. The second-order valence-electron chi connectivity index (χ2n) is 4.86. The van der Waals surface area contributed by atoms with Crippen LogP contribution in [0.2, 0.25) is 0 Å². The molecule has 0 saturated carbocycles. The molecule has 0 spiro atoms. The summed E-state index contributed by atoms with van der Waals surface area (Å²) in [7, 11) is 0. The van der Waals surface area contributed by atoms with E-state index in [0.29, 0.717) is 16.8 Å². The molecule has 0 radical (unpaired) electrons. The number of carbonyl (C=O) groups excluding carboxylic acids is 1. The lowest BCUT2D eigenvalue weighted by Crippen LogP contribution is -2.18. The highest BCUT2D eigenvalue weighted by Gasteiger charge is 2.12. The molecule has 1 aromatic carbocycles. The van der Waals surface area contributed by atoms with Gasteiger partial charge in [-0.2, -0.15) is 10.2 Å². The second-order valence-corrected chi connectivity index (χ2v) is 4.86. The average molecular weight is 310 g/mol. The van der Waals surface area contributed by atoms with Gasteiger partial charge in [-0.15, -0.1) is 0 Å². The van der Waals surface area contributed by atoms with Crippen molar-refractivity contribution in [3.8, 4) is 5.75 Å². The highest BCUT2D eigenvalue weighted by molar-refractivity contribution is 5.81. The average Bonchev–Trinajstić information content (AvgIpc) is 3.15. The summed E-state index contributed by atoms with van der Waals surface area (Å²) < 4.78 is 6.60. The molecule has 4 aromatic rings. The van der Waals surface area contributed by atoms with Gasteiger partial charge in [0.15, 0.2) is 5.65 Å². The van der Waals surface area contributed by atoms with Gasteiger partial charge in [-0.25, -0.2) is 14.5 Å². The molecule has 9 heteroatoms. The number of nitrogens with one attached hydrogen (secondary N) is 2. The minimum atomic E-state index is -0.518. The molecule has 3 heterocycles. The number of fused-ring (bicyclic) bond motifs is 2. The van der Waals surface area contributed by atoms with Crippen molar-refractivity contribution < 1.29 is 9.53 Å². The van der Waals surface area contributed by atoms with E-state index in [-0.39, 0.29) is 12.1 Å². The summed E-state index contributed by atoms with van der Waals surface area (Å²) in [5, 5.41) is 11.9. The first-order valence-corrected chi connectivity index (χ1v) is 6.74. The Balaban J connectivity index is 1.57. The van der Waals surface area contributed by atoms with E-state index in [1.54, 1.807) is 24.4 Å². The van der Waals surface area contributed by atoms with Gasteiger partial charge >= 0.3 is 5.97 Å². The normalized spacial score (nSPS) is 11.1. The Morgan fingerprint density at radius 3 is 3.13 bits per heavy atom. The van der Waals surface area contributed by atoms with Gasteiger partial charge in [0.1, 0.15) is 17.7 Å². The maximum absolute atomic E-state index is 12.1. The van der Waals surface area contributed by atoms with Crippen molar-refractivity contribution in [2.24, 2.45) is 0 Å². The smallest absolute Gasteiger partial charge is 0.333 e. The zero-order chi connectivity index (χ0) is 15.8. The van der Waals surface area contributed by atoms with Gasteiger partial charge in [-0.3, -0.25) is 9.89 Å². The lowest BCUT2D eigenvalue weighted by molar-refractivity contribution is -0.135. The molecule has 2 N–H and O–H groups in total. The molecule has 9 nitrogen and oxygen atoms in total. The zero-order valence-corrected chi connectivity index (χ0v) is 11.7. The van der Waals surface area contributed by atoms with Crippen LogP contribution in [0.5, 0.6) is 5.75 Å². The van der Waals surface area contributed by atoms with Crippen LogP contribution >= 0.6 is 0 Å². The Morgan fingerprint density at radius 2 is 2.22 bits per heavy atom. The van der Waals surface area contributed by atoms with E-state index in [1.807, 2.05) is 0 Å². The number of H-pyrrole nitrogens is 2. The molecule has 0 atom stereocenters. The van der Waals surface area contributed by atoms with Crippen LogP contribution in [0.15, 0.2) is 41.7 Å². The molecule has 4 rings (SSSR count). The Bertz CT molecular complexity index is 1080. The molecular weight excluding hydrogens is 300 g/mol. The Kier molecular flexibility index (Phi) is 2.90. The Labute approximate surface area is 127 Å². The van der Waals surface area contributed by atoms with E-state index >= 15 is 0 Å². The number of carbonyl (C=O) groups is 1. The van der Waals surface area contributed by atoms with Crippen molar-refractivity contribution in [3.05, 3.63) is 47.3 Å². The van der Waals surface area contributed by atoms with Crippen molar-refractivity contribution in [1.29, 1.82) is 0 Å². The number of ether oxygens (including phenoxy) is 1. The summed E-state index contributed by atoms with van der Waals surface area (Å²) >= 11 is 0. The van der Waals surface area contributed by atoms with Crippen molar-refractivity contribution in [2.75, 3.05) is 0 Å². The molecule has 23 heavy (non-hydrogen) atoms. The number of rotatable bonds is 3. The maximum atomic E-state index is 12.1. The molecule has 0 aliphatic carbocycles. The standard InChI is InChI=1S/C14H10N6O3/c21-12(23-9-2-1-8-4-17-19-11(8)3-9)6-20-13-10(5-18-20)14(22)16-7-15-13/h1-5,7H,6H2,(H,17,19)(H,15,16,22). The molecule has 0 unspecified atom stereocenters. The van der Waals surface area contributed by atoms with Crippen LogP contribution in [-0.4, -0.2) is 35.9 Å². The van der Waals surface area contributed by atoms with E-state index in [9.17, 15) is 9.59 Å². The van der Waals surface area contributed by atoms with Gasteiger partial charge in [0.2, 0.25) is 0 Å². The Morgan fingerprint density at radius 1 is 1.30 bits per heavy atom. The monoisotopic (exact) mass is 310 g/mol. The van der Waals surface area contributed by atoms with Gasteiger partial charge < -0.3 is 9.72 Å². The lowest BCUT2D eigenvalue weighted by atomic mass is 10.2. The molecule has 0 bridgehead atoms. The van der Waals surface area contributed by atoms with Crippen LogP contribution in [0.25, 0.3) is 21.9 Å². The van der Waals surface area contributed by atoms with Gasteiger partial charge in [-0.05, 0) is 12.1 Å². The quantitative estimate of drug-likeness (QED) is 0.422. The third-order valence-electron chi connectivity index (χ3n) is 3.36. The number of esters is 1. The number of hydrogen-bond donors (Lipinski definition) is 2. The predicted octanol–water partition coefficient (Wildman–Crippen LogP) is 0.601. The van der Waals surface area contributed by atoms with Gasteiger partial charge in [0, 0.05) is 11.5 Å². The summed E-state index contributed by atoms with van der Waals surface area (Å²) in [5.74, 6) is -0.120. The molecule has 114 valence electrons. The summed E-state index contributed by atoms with van der Waals surface area (Å²) in [6.45, 7) is -0.152. The predicted molar refractivity (Wildman–Crippen MR) is 79.9 cm³/mol. The summed E-state index contributed by atoms with van der Waals surface area (Å²) in [4.78, 5) is 30.1. The molecule has 0 fully saturated rings. The zero-order valence-electron chi connectivity index (χ0n) is 11.7. The minimum Gasteiger partial charge on any atom is -0.425 e. The van der Waals surface area contributed by atoms with E-state index in [2.05, 4.69) is 25.3 Å². The van der Waals surface area contributed by atoms with Crippen LogP contribution < -0.4 is 10.3 Å². The number of nitrogens with zero attached hydrogens (tertiary/aromatic N) is 4. The molecular formula is C14H10N6O3. The van der Waals surface area contributed by atoms with Gasteiger partial charge in [0.25, 0.3) is 5.56 Å². The highest BCUT2D eigenvalue weighted by atomic mass is 16.5. The van der Waals surface area contributed by atoms with Crippen LogP contribution in [-0.2, 0) is 11.3 Å². The third kappa shape index (κ3) is 2.33. The number of benzene rings is 1. The fourth-order valence-electron chi connectivity index (χ4n) is 2.29. The molecule has 0 aliphatic rings. The molecule has 0 saturated heterocycles. The third-order valence-corrected chi connectivity index (χ3v) is 3.36. The van der Waals surface area contributed by atoms with E-state index < -0.39 is 5.97 Å². The number of aromatic nitrogens is 6. The van der Waals surface area contributed by atoms with E-state index in [1.165, 1.54) is 17.2 Å². The minimum absolute atomic E-state index is 0.152. The topological polar surface area (TPSA) is 119 Å². The van der Waals surface area contributed by atoms with Crippen LogP contribution in [0.3, 0.4) is 0 Å². The van der Waals surface area contributed by atoms with Gasteiger partial charge in [0.05, 0.1) is 24.2 Å². The Hall–Kier alpha value is -3.49. The van der Waals surface area contributed by atoms with Gasteiger partial charge in [-0.1, -0.05) is 0 Å². The fraction of sp³-hybridized carbons (Fsp3) is 0.0714. The molecule has 0 amide bonds. The first-order chi connectivity index (χ1) is 11.2.